The van der Waals surface area contributed by atoms with E-state index in [0.29, 0.717) is 13.1 Å². The lowest BCUT2D eigenvalue weighted by molar-refractivity contribution is 0.637. The van der Waals surface area contributed by atoms with Crippen molar-refractivity contribution in [1.29, 1.82) is 0 Å². The Hall–Kier alpha value is -1.05. The highest BCUT2D eigenvalue weighted by Gasteiger charge is 2.12. The monoisotopic (exact) mass is 316 g/mol. The van der Waals surface area contributed by atoms with Crippen LogP contribution < -0.4 is 11.1 Å². The third-order valence-corrected chi connectivity index (χ3v) is 3.36. The molecule has 112 valence electrons. The minimum atomic E-state index is 0. The molecule has 0 unspecified atom stereocenters. The van der Waals surface area contributed by atoms with Gasteiger partial charge >= 0.3 is 0 Å². The minimum Gasteiger partial charge on any atom is -0.369 e. The Morgan fingerprint density at radius 3 is 2.80 bits per heavy atom. The van der Waals surface area contributed by atoms with Crippen LogP contribution in [0.2, 0.25) is 0 Å². The zero-order valence-electron chi connectivity index (χ0n) is 11.8. The van der Waals surface area contributed by atoms with E-state index < -0.39 is 0 Å². The number of thioether (sulfide) groups is 1. The van der Waals surface area contributed by atoms with Gasteiger partial charge in [0.15, 0.2) is 10.8 Å². The Morgan fingerprint density at radius 1 is 1.35 bits per heavy atom. The molecule has 2 aromatic heterocycles. The molecule has 0 spiro atoms. The van der Waals surface area contributed by atoms with Gasteiger partial charge in [-0.2, -0.15) is 5.10 Å². The number of hydrogen-bond acceptors (Lipinski definition) is 6. The Kier molecular flexibility index (Phi) is 7.04. The van der Waals surface area contributed by atoms with Crippen LogP contribution in [0.15, 0.2) is 11.4 Å². The fourth-order valence-electron chi connectivity index (χ4n) is 1.79. The molecule has 0 aliphatic carbocycles. The van der Waals surface area contributed by atoms with Gasteiger partial charge in [-0.05, 0) is 12.2 Å². The van der Waals surface area contributed by atoms with Gasteiger partial charge in [0.05, 0.1) is 18.1 Å². The molecule has 2 aromatic rings. The third kappa shape index (κ3) is 3.74. The summed E-state index contributed by atoms with van der Waals surface area (Å²) in [6.07, 6.45) is 2.86. The number of nitrogens with zero attached hydrogens (tertiary/aromatic N) is 4. The molecule has 8 heteroatoms. The first-order chi connectivity index (χ1) is 9.30. The molecule has 0 aromatic carbocycles. The van der Waals surface area contributed by atoms with Gasteiger partial charge in [0.1, 0.15) is 5.82 Å². The maximum Gasteiger partial charge on any atom is 0.191 e. The van der Waals surface area contributed by atoms with Crippen LogP contribution in [0.25, 0.3) is 11.0 Å². The predicted molar refractivity (Wildman–Crippen MR) is 86.8 cm³/mol. The molecule has 2 heterocycles. The van der Waals surface area contributed by atoms with Gasteiger partial charge < -0.3 is 11.1 Å². The Morgan fingerprint density at radius 2 is 2.15 bits per heavy atom. The molecule has 0 amide bonds. The van der Waals surface area contributed by atoms with E-state index in [0.717, 1.165) is 40.7 Å². The SMILES string of the molecule is CCCNc1nc(SCC)nc2c1cnn2CCN.Cl. The average Bonchev–Trinajstić information content (AvgIpc) is 2.80. The van der Waals surface area contributed by atoms with Crippen LogP contribution >= 0.6 is 24.2 Å². The predicted octanol–water partition coefficient (Wildman–Crippen LogP) is 2.14. The van der Waals surface area contributed by atoms with Crippen molar-refractivity contribution in [1.82, 2.24) is 19.7 Å². The normalized spacial score (nSPS) is 10.6. The largest absolute Gasteiger partial charge is 0.369 e. The number of anilines is 1. The second-order valence-corrected chi connectivity index (χ2v) is 5.34. The molecule has 3 N–H and O–H groups in total. The highest BCUT2D eigenvalue weighted by molar-refractivity contribution is 7.99. The summed E-state index contributed by atoms with van der Waals surface area (Å²) in [4.78, 5) is 9.13. The molecule has 0 atom stereocenters. The fourth-order valence-corrected chi connectivity index (χ4v) is 2.36. The summed E-state index contributed by atoms with van der Waals surface area (Å²) in [6.45, 7) is 6.34. The first-order valence-electron chi connectivity index (χ1n) is 6.60. The van der Waals surface area contributed by atoms with Crippen LogP contribution in [-0.4, -0.2) is 38.6 Å². The van der Waals surface area contributed by atoms with Crippen LogP contribution in [0.4, 0.5) is 5.82 Å². The second-order valence-electron chi connectivity index (χ2n) is 4.11. The molecule has 0 radical (unpaired) electrons. The molecule has 0 saturated heterocycles. The van der Waals surface area contributed by atoms with E-state index in [2.05, 4.69) is 34.2 Å². The van der Waals surface area contributed by atoms with Gasteiger partial charge in [-0.15, -0.1) is 12.4 Å². The zero-order chi connectivity index (χ0) is 13.7. The average molecular weight is 317 g/mol. The van der Waals surface area contributed by atoms with E-state index in [4.69, 9.17) is 5.73 Å². The highest BCUT2D eigenvalue weighted by atomic mass is 35.5. The van der Waals surface area contributed by atoms with Crippen molar-refractivity contribution in [3.8, 4) is 0 Å². The molecule has 0 aliphatic heterocycles. The molecule has 2 rings (SSSR count). The number of aromatic nitrogens is 4. The summed E-state index contributed by atoms with van der Waals surface area (Å²) >= 11 is 1.63. The maximum absolute atomic E-state index is 5.60. The zero-order valence-corrected chi connectivity index (χ0v) is 13.4. The molecule has 0 saturated carbocycles. The van der Waals surface area contributed by atoms with Gasteiger partial charge in [-0.25, -0.2) is 14.6 Å². The van der Waals surface area contributed by atoms with Crippen LogP contribution in [-0.2, 0) is 6.54 Å². The number of halogens is 1. The lowest BCUT2D eigenvalue weighted by Crippen LogP contribution is -2.12. The van der Waals surface area contributed by atoms with E-state index in [9.17, 15) is 0 Å². The van der Waals surface area contributed by atoms with E-state index in [1.807, 2.05) is 10.9 Å². The molecule has 0 bridgehead atoms. The molecule has 20 heavy (non-hydrogen) atoms. The van der Waals surface area contributed by atoms with E-state index in [1.54, 1.807) is 11.8 Å². The second kappa shape index (κ2) is 8.28. The first-order valence-corrected chi connectivity index (χ1v) is 7.59. The standard InChI is InChI=1S/C12H20N6S.ClH/c1-3-6-14-10-9-8-15-18(7-5-13)11(9)17-12(16-10)19-4-2;/h8H,3-7,13H2,1-2H3,(H,14,16,17);1H. The molecular weight excluding hydrogens is 296 g/mol. The molecule has 0 aliphatic rings. The van der Waals surface area contributed by atoms with Crippen molar-refractivity contribution < 1.29 is 0 Å². The lowest BCUT2D eigenvalue weighted by atomic mass is 10.3. The van der Waals surface area contributed by atoms with Gasteiger partial charge in [0.2, 0.25) is 0 Å². The number of fused-ring (bicyclic) bond motifs is 1. The summed E-state index contributed by atoms with van der Waals surface area (Å²) in [5.41, 5.74) is 6.46. The summed E-state index contributed by atoms with van der Waals surface area (Å²) in [5, 5.41) is 9.43. The fraction of sp³-hybridized carbons (Fsp3) is 0.583. The Labute approximate surface area is 129 Å². The van der Waals surface area contributed by atoms with Crippen molar-refractivity contribution in [3.63, 3.8) is 0 Å². The molecule has 0 fully saturated rings. The summed E-state index contributed by atoms with van der Waals surface area (Å²) in [5.74, 6) is 1.81. The van der Waals surface area contributed by atoms with Gasteiger partial charge in [-0.1, -0.05) is 25.6 Å². The van der Waals surface area contributed by atoms with E-state index in [-0.39, 0.29) is 12.4 Å². The van der Waals surface area contributed by atoms with Gasteiger partial charge in [-0.3, -0.25) is 0 Å². The number of nitrogens with two attached hydrogens (primary N) is 1. The van der Waals surface area contributed by atoms with Gasteiger partial charge in [0, 0.05) is 13.1 Å². The number of hydrogen-bond donors (Lipinski definition) is 2. The quantitative estimate of drug-likeness (QED) is 0.601. The minimum absolute atomic E-state index is 0. The molecule has 6 nitrogen and oxygen atoms in total. The Balaban J connectivity index is 0.00000200. The molecular formula is C12H21ClN6S. The van der Waals surface area contributed by atoms with Crippen LogP contribution in [0.5, 0.6) is 0 Å². The van der Waals surface area contributed by atoms with Crippen molar-refractivity contribution in [2.45, 2.75) is 32.0 Å². The summed E-state index contributed by atoms with van der Waals surface area (Å²) < 4.78 is 1.84. The van der Waals surface area contributed by atoms with Crippen molar-refractivity contribution in [2.24, 2.45) is 5.73 Å². The maximum atomic E-state index is 5.60. The summed E-state index contributed by atoms with van der Waals surface area (Å²) in [7, 11) is 0. The van der Waals surface area contributed by atoms with E-state index in [1.165, 1.54) is 0 Å². The topological polar surface area (TPSA) is 81.7 Å². The van der Waals surface area contributed by atoms with Crippen LogP contribution in [0.3, 0.4) is 0 Å². The van der Waals surface area contributed by atoms with Crippen molar-refractivity contribution >= 4 is 41.0 Å². The summed E-state index contributed by atoms with van der Waals surface area (Å²) in [6, 6.07) is 0. The van der Waals surface area contributed by atoms with Crippen LogP contribution in [0, 0.1) is 0 Å². The van der Waals surface area contributed by atoms with Crippen LogP contribution in [0.1, 0.15) is 20.3 Å². The number of rotatable bonds is 7. The third-order valence-electron chi connectivity index (χ3n) is 2.63. The van der Waals surface area contributed by atoms with Crippen molar-refractivity contribution in [2.75, 3.05) is 24.2 Å². The first kappa shape index (κ1) is 17.0. The van der Waals surface area contributed by atoms with Crippen molar-refractivity contribution in [3.05, 3.63) is 6.20 Å². The highest BCUT2D eigenvalue weighted by Crippen LogP contribution is 2.24. The number of nitrogens with one attached hydrogen (secondary N) is 1. The van der Waals surface area contributed by atoms with Gasteiger partial charge in [0.25, 0.3) is 0 Å². The Bertz CT molecular complexity index is 544. The van der Waals surface area contributed by atoms with E-state index >= 15 is 0 Å². The lowest BCUT2D eigenvalue weighted by Gasteiger charge is -2.08. The smallest absolute Gasteiger partial charge is 0.191 e.